The molecule has 0 saturated heterocycles. The Morgan fingerprint density at radius 3 is 2.35 bits per heavy atom. The third-order valence-electron chi connectivity index (χ3n) is 3.66. The van der Waals surface area contributed by atoms with Crippen molar-refractivity contribution in [3.05, 3.63) is 66.0 Å². The van der Waals surface area contributed by atoms with Crippen LogP contribution in [0.3, 0.4) is 0 Å². The number of hydrogen-bond donors (Lipinski definition) is 2. The minimum absolute atomic E-state index is 0.268. The van der Waals surface area contributed by atoms with Crippen molar-refractivity contribution in [2.75, 3.05) is 0 Å². The topological polar surface area (TPSA) is 70.4 Å². The summed E-state index contributed by atoms with van der Waals surface area (Å²) in [6.45, 7) is 1.76. The quantitative estimate of drug-likeness (QED) is 0.876. The van der Waals surface area contributed by atoms with E-state index in [1.54, 1.807) is 55.6 Å². The van der Waals surface area contributed by atoms with Gasteiger partial charge in [-0.05, 0) is 24.1 Å². The highest BCUT2D eigenvalue weighted by Crippen LogP contribution is 2.40. The second-order valence-electron chi connectivity index (χ2n) is 4.65. The number of aromatic nitrogens is 1. The fraction of sp³-hybridized carbons (Fsp3) is 0.250. The molecule has 20 heavy (non-hydrogen) atoms. The van der Waals surface area contributed by atoms with Gasteiger partial charge in [0.15, 0.2) is 0 Å². The van der Waals surface area contributed by atoms with E-state index in [-0.39, 0.29) is 6.42 Å². The van der Waals surface area contributed by atoms with Crippen molar-refractivity contribution in [2.24, 2.45) is 0 Å². The van der Waals surface area contributed by atoms with Crippen LogP contribution < -0.4 is 0 Å². The summed E-state index contributed by atoms with van der Waals surface area (Å²) < 4.78 is 0. The third kappa shape index (κ3) is 2.30. The van der Waals surface area contributed by atoms with Crippen molar-refractivity contribution in [1.29, 1.82) is 0 Å². The highest BCUT2D eigenvalue weighted by molar-refractivity contribution is 5.82. The first kappa shape index (κ1) is 14.2. The van der Waals surface area contributed by atoms with E-state index < -0.39 is 17.5 Å². The number of aliphatic hydroxyl groups is 1. The highest BCUT2D eigenvalue weighted by Gasteiger charge is 2.46. The van der Waals surface area contributed by atoms with Crippen LogP contribution in [0.25, 0.3) is 0 Å². The minimum Gasteiger partial charge on any atom is -0.480 e. The lowest BCUT2D eigenvalue weighted by Gasteiger charge is -2.33. The first-order valence-corrected chi connectivity index (χ1v) is 6.51. The lowest BCUT2D eigenvalue weighted by atomic mass is 9.72. The van der Waals surface area contributed by atoms with Gasteiger partial charge in [0, 0.05) is 6.20 Å². The van der Waals surface area contributed by atoms with E-state index in [9.17, 15) is 15.0 Å². The maximum Gasteiger partial charge on any atom is 0.317 e. The molecule has 2 rings (SSSR count). The SMILES string of the molecule is CC[C@](C(=O)O)(c1ccccc1)[C@H](O)c1ccccn1. The molecular weight excluding hydrogens is 254 g/mol. The summed E-state index contributed by atoms with van der Waals surface area (Å²) in [4.78, 5) is 16.0. The van der Waals surface area contributed by atoms with E-state index in [1.165, 1.54) is 0 Å². The molecule has 1 aromatic heterocycles. The number of pyridine rings is 1. The molecule has 0 bridgehead atoms. The van der Waals surface area contributed by atoms with Gasteiger partial charge in [-0.25, -0.2) is 0 Å². The van der Waals surface area contributed by atoms with E-state index in [1.807, 2.05) is 6.07 Å². The molecule has 2 N–H and O–H groups in total. The Morgan fingerprint density at radius 1 is 1.20 bits per heavy atom. The smallest absolute Gasteiger partial charge is 0.317 e. The highest BCUT2D eigenvalue weighted by atomic mass is 16.4. The van der Waals surface area contributed by atoms with Gasteiger partial charge in [-0.15, -0.1) is 0 Å². The minimum atomic E-state index is -1.39. The maximum absolute atomic E-state index is 11.9. The number of hydrogen-bond acceptors (Lipinski definition) is 3. The molecule has 0 spiro atoms. The molecule has 0 saturated carbocycles. The molecule has 4 heteroatoms. The summed E-state index contributed by atoms with van der Waals surface area (Å²) in [6, 6.07) is 13.9. The number of aliphatic carboxylic acids is 1. The molecule has 0 radical (unpaired) electrons. The largest absolute Gasteiger partial charge is 0.480 e. The molecule has 0 unspecified atom stereocenters. The zero-order valence-corrected chi connectivity index (χ0v) is 11.2. The molecule has 104 valence electrons. The van der Waals surface area contributed by atoms with Crippen LogP contribution in [0.2, 0.25) is 0 Å². The van der Waals surface area contributed by atoms with Gasteiger partial charge in [-0.2, -0.15) is 0 Å². The summed E-state index contributed by atoms with van der Waals surface area (Å²) in [6.07, 6.45) is 0.615. The zero-order valence-electron chi connectivity index (χ0n) is 11.2. The first-order chi connectivity index (χ1) is 9.63. The molecule has 1 aromatic carbocycles. The van der Waals surface area contributed by atoms with Crippen molar-refractivity contribution in [1.82, 2.24) is 4.98 Å². The van der Waals surface area contributed by atoms with Crippen molar-refractivity contribution >= 4 is 5.97 Å². The van der Waals surface area contributed by atoms with Crippen LogP contribution in [0, 0.1) is 0 Å². The predicted octanol–water partition coefficient (Wildman–Crippen LogP) is 2.55. The third-order valence-corrected chi connectivity index (χ3v) is 3.66. The van der Waals surface area contributed by atoms with Crippen LogP contribution in [-0.2, 0) is 10.2 Å². The first-order valence-electron chi connectivity index (χ1n) is 6.51. The van der Waals surface area contributed by atoms with Crippen LogP contribution in [0.5, 0.6) is 0 Å². The number of rotatable bonds is 5. The number of nitrogens with zero attached hydrogens (tertiary/aromatic N) is 1. The Balaban J connectivity index is 2.56. The zero-order chi connectivity index (χ0) is 14.6. The standard InChI is InChI=1S/C16H17NO3/c1-2-16(15(19)20,12-8-4-3-5-9-12)14(18)13-10-6-7-11-17-13/h3-11,14,18H,2H2,1H3,(H,19,20)/t14-,16+/m1/s1. The summed E-state index contributed by atoms with van der Waals surface area (Å²) in [5.41, 5.74) is -0.455. The molecule has 2 atom stereocenters. The normalized spacial score (nSPS) is 15.3. The Kier molecular flexibility index (Phi) is 4.15. The van der Waals surface area contributed by atoms with Crippen LogP contribution >= 0.6 is 0 Å². The van der Waals surface area contributed by atoms with Crippen LogP contribution in [0.4, 0.5) is 0 Å². The molecule has 0 aliphatic rings. The number of carbonyl (C=O) groups is 1. The predicted molar refractivity (Wildman–Crippen MR) is 75.2 cm³/mol. The summed E-state index contributed by atoms with van der Waals surface area (Å²) >= 11 is 0. The fourth-order valence-electron chi connectivity index (χ4n) is 2.47. The van der Waals surface area contributed by atoms with Gasteiger partial charge in [0.1, 0.15) is 11.5 Å². The van der Waals surface area contributed by atoms with E-state index >= 15 is 0 Å². The Hall–Kier alpha value is -2.20. The molecule has 4 nitrogen and oxygen atoms in total. The molecule has 0 aliphatic heterocycles. The molecule has 0 amide bonds. The van der Waals surface area contributed by atoms with E-state index in [2.05, 4.69) is 4.98 Å². The van der Waals surface area contributed by atoms with Gasteiger partial charge in [-0.3, -0.25) is 9.78 Å². The van der Waals surface area contributed by atoms with Gasteiger partial charge in [0.25, 0.3) is 0 Å². The van der Waals surface area contributed by atoms with Crippen LogP contribution in [0.1, 0.15) is 30.7 Å². The van der Waals surface area contributed by atoms with E-state index in [0.717, 1.165) is 0 Å². The van der Waals surface area contributed by atoms with E-state index in [4.69, 9.17) is 0 Å². The molecule has 0 aliphatic carbocycles. The average Bonchev–Trinajstić information content (AvgIpc) is 2.50. The molecule has 0 fully saturated rings. The molecule has 2 aromatic rings. The van der Waals surface area contributed by atoms with Crippen LogP contribution in [0.15, 0.2) is 54.7 Å². The monoisotopic (exact) mass is 271 g/mol. The van der Waals surface area contributed by atoms with Gasteiger partial charge >= 0.3 is 5.97 Å². The maximum atomic E-state index is 11.9. The Labute approximate surface area is 117 Å². The summed E-state index contributed by atoms with van der Waals surface area (Å²) in [5.74, 6) is -1.05. The molecular formula is C16H17NO3. The lowest BCUT2D eigenvalue weighted by molar-refractivity contribution is -0.149. The number of benzene rings is 1. The van der Waals surface area contributed by atoms with Crippen molar-refractivity contribution in [2.45, 2.75) is 24.9 Å². The Morgan fingerprint density at radius 2 is 1.85 bits per heavy atom. The van der Waals surface area contributed by atoms with Gasteiger partial charge in [0.05, 0.1) is 5.69 Å². The van der Waals surface area contributed by atoms with Gasteiger partial charge in [0.2, 0.25) is 0 Å². The van der Waals surface area contributed by atoms with Crippen molar-refractivity contribution in [3.8, 4) is 0 Å². The van der Waals surface area contributed by atoms with E-state index in [0.29, 0.717) is 11.3 Å². The number of carboxylic acids is 1. The van der Waals surface area contributed by atoms with Crippen molar-refractivity contribution in [3.63, 3.8) is 0 Å². The van der Waals surface area contributed by atoms with Crippen LogP contribution in [-0.4, -0.2) is 21.2 Å². The van der Waals surface area contributed by atoms with Crippen molar-refractivity contribution < 1.29 is 15.0 Å². The second kappa shape index (κ2) is 5.84. The lowest BCUT2D eigenvalue weighted by Crippen LogP contribution is -2.41. The van der Waals surface area contributed by atoms with Gasteiger partial charge < -0.3 is 10.2 Å². The second-order valence-corrected chi connectivity index (χ2v) is 4.65. The number of aliphatic hydroxyl groups excluding tert-OH is 1. The Bertz CT molecular complexity index is 571. The molecule has 1 heterocycles. The summed E-state index contributed by atoms with van der Waals surface area (Å²) in [5, 5.41) is 20.3. The summed E-state index contributed by atoms with van der Waals surface area (Å²) in [7, 11) is 0. The number of carboxylic acid groups (broad SMARTS) is 1. The fourth-order valence-corrected chi connectivity index (χ4v) is 2.47. The van der Waals surface area contributed by atoms with Gasteiger partial charge in [-0.1, -0.05) is 43.3 Å². The average molecular weight is 271 g/mol.